The number of aromatic nitrogens is 1. The summed E-state index contributed by atoms with van der Waals surface area (Å²) in [6.07, 6.45) is -0.0895. The summed E-state index contributed by atoms with van der Waals surface area (Å²) in [6.45, 7) is -1.85. The molecule has 194 valence electrons. The summed E-state index contributed by atoms with van der Waals surface area (Å²) in [5, 5.41) is 4.04. The second kappa shape index (κ2) is 9.84. The Hall–Kier alpha value is -3.94. The van der Waals surface area contributed by atoms with E-state index in [0.717, 1.165) is 28.4 Å². The van der Waals surface area contributed by atoms with Crippen LogP contribution in [0.1, 0.15) is 6.42 Å². The highest BCUT2D eigenvalue weighted by Crippen LogP contribution is 2.32. The van der Waals surface area contributed by atoms with Crippen LogP contribution in [0.2, 0.25) is 0 Å². The maximum absolute atomic E-state index is 14.2. The van der Waals surface area contributed by atoms with Gasteiger partial charge in [-0.25, -0.2) is 18.6 Å². The average Bonchev–Trinajstić information content (AvgIpc) is 3.28. The topological polar surface area (TPSA) is 91.6 Å². The molecule has 1 aliphatic heterocycles. The molecule has 0 spiro atoms. The number of urea groups is 1. The van der Waals surface area contributed by atoms with Gasteiger partial charge in [0.2, 0.25) is 5.91 Å². The lowest BCUT2D eigenvalue weighted by Crippen LogP contribution is -2.52. The molecule has 8 nitrogen and oxygen atoms in total. The van der Waals surface area contributed by atoms with Crippen LogP contribution >= 0.6 is 11.3 Å². The number of hydrogen-bond acceptors (Lipinski definition) is 6. The Balaban J connectivity index is 1.46. The molecule has 0 saturated carbocycles. The number of ether oxygens (including phenoxy) is 1. The predicted molar refractivity (Wildman–Crippen MR) is 122 cm³/mol. The van der Waals surface area contributed by atoms with Gasteiger partial charge >= 0.3 is 18.1 Å². The number of nitrogens with zero attached hydrogens (tertiary/aromatic N) is 3. The number of carbonyl (C=O) groups excluding carboxylic acids is 3. The first-order valence-corrected chi connectivity index (χ1v) is 11.5. The fourth-order valence-electron chi connectivity index (χ4n) is 3.84. The van der Waals surface area contributed by atoms with Crippen molar-refractivity contribution in [2.75, 3.05) is 26.0 Å². The molecule has 1 aromatic carbocycles. The standard InChI is InChI=1S/C23H17F5N4O4S/c1-31-16-5-3-4-11(18(16)20(34)32(2)22(31)35)8-17(33)30-21-29-15(9-37-21)12-6-13(24)19(14(25)7-12)36-10-23(26,27)28/h3-7,9,18H,8,10H2,1-2H3/p+1. The summed E-state index contributed by atoms with van der Waals surface area (Å²) in [4.78, 5) is 42.7. The van der Waals surface area contributed by atoms with Crippen molar-refractivity contribution >= 4 is 40.0 Å². The summed E-state index contributed by atoms with van der Waals surface area (Å²) in [5.41, 5.74) is 0.900. The van der Waals surface area contributed by atoms with Crippen molar-refractivity contribution in [3.8, 4) is 17.0 Å². The van der Waals surface area contributed by atoms with E-state index in [1.54, 1.807) is 18.2 Å². The average molecular weight is 541 g/mol. The van der Waals surface area contributed by atoms with E-state index >= 15 is 0 Å². The lowest BCUT2D eigenvalue weighted by Gasteiger charge is -2.27. The Morgan fingerprint density at radius 3 is 2.57 bits per heavy atom. The Kier molecular flexibility index (Phi) is 6.95. The van der Waals surface area contributed by atoms with Crippen LogP contribution in [-0.2, 0) is 9.59 Å². The lowest BCUT2D eigenvalue weighted by molar-refractivity contribution is -0.405. The number of alkyl halides is 3. The largest absolute Gasteiger partial charge is 0.500 e. The molecule has 37 heavy (non-hydrogen) atoms. The number of carbonyl (C=O) groups is 3. The number of anilines is 1. The number of thiazole rings is 1. The molecular weight excluding hydrogens is 523 g/mol. The van der Waals surface area contributed by atoms with E-state index in [2.05, 4.69) is 15.0 Å². The maximum atomic E-state index is 14.2. The van der Waals surface area contributed by atoms with Crippen molar-refractivity contribution in [2.45, 2.75) is 12.6 Å². The minimum Gasteiger partial charge on any atom is -0.478 e. The van der Waals surface area contributed by atoms with E-state index in [4.69, 9.17) is 0 Å². The summed E-state index contributed by atoms with van der Waals surface area (Å²) < 4.78 is 70.8. The number of allylic oxidation sites excluding steroid dienone is 3. The van der Waals surface area contributed by atoms with E-state index in [1.807, 2.05) is 0 Å². The molecule has 4 amide bonds. The summed E-state index contributed by atoms with van der Waals surface area (Å²) >= 11 is 0.954. The van der Waals surface area contributed by atoms with Gasteiger partial charge < -0.3 is 10.1 Å². The van der Waals surface area contributed by atoms with Crippen molar-refractivity contribution in [1.29, 1.82) is 0 Å². The van der Waals surface area contributed by atoms with Gasteiger partial charge in [-0.2, -0.15) is 27.4 Å². The molecule has 1 aliphatic carbocycles. The third-order valence-corrected chi connectivity index (χ3v) is 6.33. The Morgan fingerprint density at radius 2 is 1.92 bits per heavy atom. The number of fused-ring (bicyclic) bond motifs is 1. The van der Waals surface area contributed by atoms with Crippen molar-refractivity contribution in [3.05, 3.63) is 52.9 Å². The molecule has 2 heterocycles. The number of nitrogens with one attached hydrogen (secondary N) is 1. The quantitative estimate of drug-likeness (QED) is 0.439. The highest BCUT2D eigenvalue weighted by atomic mass is 32.1. The fourth-order valence-corrected chi connectivity index (χ4v) is 4.58. The van der Waals surface area contributed by atoms with Gasteiger partial charge in [-0.15, -0.1) is 11.3 Å². The highest BCUT2D eigenvalue weighted by molar-refractivity contribution is 7.14. The predicted octanol–water partition coefficient (Wildman–Crippen LogP) is 4.15. The van der Waals surface area contributed by atoms with Crippen LogP contribution in [0.5, 0.6) is 5.75 Å². The van der Waals surface area contributed by atoms with Gasteiger partial charge in [0.1, 0.15) is 11.6 Å². The van der Waals surface area contributed by atoms with E-state index in [-0.39, 0.29) is 22.8 Å². The zero-order valence-corrected chi connectivity index (χ0v) is 20.0. The van der Waals surface area contributed by atoms with Gasteiger partial charge in [0.05, 0.1) is 19.8 Å². The van der Waals surface area contributed by atoms with E-state index in [0.29, 0.717) is 11.3 Å². The van der Waals surface area contributed by atoms with Crippen molar-refractivity contribution in [1.82, 2.24) is 9.88 Å². The number of amides is 4. The van der Waals surface area contributed by atoms with Crippen LogP contribution in [0.4, 0.5) is 31.9 Å². The fraction of sp³-hybridized carbons (Fsp3) is 0.261. The van der Waals surface area contributed by atoms with Gasteiger partial charge in [0.25, 0.3) is 0 Å². The number of hydrogen-bond donors (Lipinski definition) is 1. The van der Waals surface area contributed by atoms with Gasteiger partial charge in [0, 0.05) is 17.4 Å². The number of rotatable bonds is 6. The monoisotopic (exact) mass is 541 g/mol. The van der Waals surface area contributed by atoms with Crippen LogP contribution in [0.15, 0.2) is 41.3 Å². The van der Waals surface area contributed by atoms with Crippen molar-refractivity contribution in [3.63, 3.8) is 0 Å². The minimum absolute atomic E-state index is 0.0696. The molecule has 1 unspecified atom stereocenters. The third kappa shape index (κ3) is 5.43. The molecule has 1 aromatic heterocycles. The molecule has 0 bridgehead atoms. The van der Waals surface area contributed by atoms with E-state index in [9.17, 15) is 36.3 Å². The van der Waals surface area contributed by atoms with Crippen LogP contribution in [0, 0.1) is 17.6 Å². The first kappa shape index (κ1) is 26.1. The van der Waals surface area contributed by atoms with Crippen LogP contribution in [0.25, 0.3) is 11.3 Å². The van der Waals surface area contributed by atoms with Gasteiger partial charge in [-0.05, 0) is 23.8 Å². The summed E-state index contributed by atoms with van der Waals surface area (Å²) in [6, 6.07) is 1.05. The highest BCUT2D eigenvalue weighted by Gasteiger charge is 2.46. The van der Waals surface area contributed by atoms with Crippen molar-refractivity contribution < 1.29 is 45.6 Å². The van der Waals surface area contributed by atoms with Gasteiger partial charge in [-0.3, -0.25) is 4.79 Å². The zero-order chi connectivity index (χ0) is 27.1. The zero-order valence-electron chi connectivity index (χ0n) is 19.2. The number of benzene rings is 1. The number of imide groups is 1. The molecule has 2 aliphatic rings. The molecule has 0 radical (unpaired) electrons. The second-order valence-electron chi connectivity index (χ2n) is 8.13. The minimum atomic E-state index is -4.77. The second-order valence-corrected chi connectivity index (χ2v) is 8.99. The molecular formula is C23H18F5N4O4S+. The third-order valence-electron chi connectivity index (χ3n) is 5.57. The SMILES string of the molecule is CN1C(=O)C2C(CC(=O)Nc3nc(-c4cc(F)c(OCC(F)(F)F)c(F)c4)cs3)=CC=CC2=[N+](C)C1=O. The Morgan fingerprint density at radius 1 is 1.24 bits per heavy atom. The van der Waals surface area contributed by atoms with E-state index < -0.39 is 53.9 Å². The Labute approximate surface area is 210 Å². The molecule has 2 aromatic rings. The summed E-state index contributed by atoms with van der Waals surface area (Å²) in [7, 11) is 2.88. The first-order valence-electron chi connectivity index (χ1n) is 10.6. The number of halogens is 5. The van der Waals surface area contributed by atoms with Crippen LogP contribution in [0.3, 0.4) is 0 Å². The molecule has 14 heteroatoms. The van der Waals surface area contributed by atoms with Gasteiger partial charge in [0.15, 0.2) is 29.1 Å². The van der Waals surface area contributed by atoms with Crippen molar-refractivity contribution in [2.24, 2.45) is 5.92 Å². The molecule has 1 atom stereocenters. The van der Waals surface area contributed by atoms with E-state index in [1.165, 1.54) is 24.1 Å². The smallest absolute Gasteiger partial charge is 0.478 e. The molecule has 4 rings (SSSR count). The maximum Gasteiger partial charge on any atom is 0.500 e. The summed E-state index contributed by atoms with van der Waals surface area (Å²) in [5.74, 6) is -5.64. The normalized spacial score (nSPS) is 17.6. The lowest BCUT2D eigenvalue weighted by atomic mass is 9.85. The molecule has 1 N–H and O–H groups in total. The first-order chi connectivity index (χ1) is 17.4. The van der Waals surface area contributed by atoms with Crippen LogP contribution < -0.4 is 10.1 Å². The van der Waals surface area contributed by atoms with Crippen LogP contribution in [-0.4, -0.2) is 64.9 Å². The Bertz CT molecular complexity index is 1370. The van der Waals surface area contributed by atoms with Gasteiger partial charge in [-0.1, -0.05) is 12.2 Å². The molecule has 0 fully saturated rings. The molecule has 0 saturated heterocycles.